The summed E-state index contributed by atoms with van der Waals surface area (Å²) in [5.74, 6) is -0.219. The zero-order chi connectivity index (χ0) is 21.7. The molecule has 29 heavy (non-hydrogen) atoms. The fourth-order valence-corrected chi connectivity index (χ4v) is 3.63. The van der Waals surface area contributed by atoms with Crippen molar-refractivity contribution in [2.75, 3.05) is 0 Å². The van der Waals surface area contributed by atoms with E-state index in [0.29, 0.717) is 22.2 Å². The lowest BCUT2D eigenvalue weighted by Crippen LogP contribution is -2.34. The molecule has 0 spiro atoms. The normalized spacial score (nSPS) is 12.6. The molecule has 0 saturated carbocycles. The molecule has 0 aliphatic heterocycles. The highest BCUT2D eigenvalue weighted by atomic mass is 19.4. The molecule has 0 aliphatic carbocycles. The van der Waals surface area contributed by atoms with Gasteiger partial charge in [0.15, 0.2) is 5.52 Å². The molecule has 2 aromatic carbocycles. The van der Waals surface area contributed by atoms with Crippen LogP contribution in [-0.2, 0) is 13.5 Å². The summed E-state index contributed by atoms with van der Waals surface area (Å²) in [5.41, 5.74) is 3.09. The van der Waals surface area contributed by atoms with Gasteiger partial charge in [-0.25, -0.2) is 8.96 Å². The van der Waals surface area contributed by atoms with Crippen LogP contribution < -0.4 is 4.57 Å². The zero-order valence-corrected chi connectivity index (χ0v) is 17.5. The lowest BCUT2D eigenvalue weighted by Gasteiger charge is -2.27. The molecule has 0 aliphatic rings. The van der Waals surface area contributed by atoms with Gasteiger partial charge in [0.05, 0.1) is 17.8 Å². The van der Waals surface area contributed by atoms with E-state index in [1.807, 2.05) is 30.7 Å². The molecule has 3 aromatic rings. The fourth-order valence-electron chi connectivity index (χ4n) is 3.63. The number of aromatic nitrogens is 2. The van der Waals surface area contributed by atoms with Gasteiger partial charge in [-0.2, -0.15) is 13.2 Å². The van der Waals surface area contributed by atoms with Gasteiger partial charge in [-0.3, -0.25) is 0 Å². The van der Waals surface area contributed by atoms with Gasteiger partial charge in [-0.05, 0) is 72.6 Å². The predicted molar refractivity (Wildman–Crippen MR) is 106 cm³/mol. The van der Waals surface area contributed by atoms with Gasteiger partial charge in [-0.15, -0.1) is 0 Å². The first kappa shape index (κ1) is 21.2. The van der Waals surface area contributed by atoms with Crippen LogP contribution >= 0.6 is 0 Å². The Kier molecular flexibility index (Phi) is 5.18. The number of benzene rings is 2. The summed E-state index contributed by atoms with van der Waals surface area (Å²) >= 11 is 0. The van der Waals surface area contributed by atoms with Crippen molar-refractivity contribution in [1.82, 2.24) is 4.98 Å². The molecule has 0 bridgehead atoms. The molecule has 3 rings (SSSR count). The number of alkyl halides is 3. The Morgan fingerprint density at radius 3 is 2.28 bits per heavy atom. The third kappa shape index (κ3) is 3.72. The van der Waals surface area contributed by atoms with Gasteiger partial charge in [0.2, 0.25) is 0 Å². The Hall–Kier alpha value is -2.50. The summed E-state index contributed by atoms with van der Waals surface area (Å²) in [6.07, 6.45) is -2.77. The van der Waals surface area contributed by atoms with Crippen molar-refractivity contribution in [3.05, 3.63) is 58.7 Å². The summed E-state index contributed by atoms with van der Waals surface area (Å²) in [5, 5.41) is 0.817. The fraction of sp³-hybridized carbons (Fsp3) is 0.391. The number of fused-ring (bicyclic) bond motifs is 1. The molecule has 0 N–H and O–H groups in total. The standard InChI is InChI=1S/C23H25F4N2/c1-13-9-18(14(2)15(3)20(13)24)21-17-8-7-16(10-19(17)28-12-29(21)6)11-22(4,5)23(25,26)27/h7-10,12H,11H2,1-6H3/q+1. The lowest BCUT2D eigenvalue weighted by molar-refractivity contribution is -0.662. The number of nitrogens with zero attached hydrogens (tertiary/aromatic N) is 2. The van der Waals surface area contributed by atoms with Crippen LogP contribution in [0.15, 0.2) is 30.6 Å². The highest BCUT2D eigenvalue weighted by molar-refractivity contribution is 5.92. The summed E-state index contributed by atoms with van der Waals surface area (Å²) < 4.78 is 56.0. The minimum absolute atomic E-state index is 0.127. The van der Waals surface area contributed by atoms with Crippen molar-refractivity contribution in [3.8, 4) is 11.3 Å². The molecule has 1 aromatic heterocycles. The highest BCUT2D eigenvalue weighted by Crippen LogP contribution is 2.40. The van der Waals surface area contributed by atoms with Crippen molar-refractivity contribution in [3.63, 3.8) is 0 Å². The van der Waals surface area contributed by atoms with Crippen LogP contribution in [0.2, 0.25) is 0 Å². The average molecular weight is 405 g/mol. The zero-order valence-electron chi connectivity index (χ0n) is 17.5. The number of rotatable bonds is 3. The first-order valence-corrected chi connectivity index (χ1v) is 9.44. The summed E-state index contributed by atoms with van der Waals surface area (Å²) in [6.45, 7) is 7.76. The maximum atomic E-state index is 14.3. The Morgan fingerprint density at radius 1 is 1.00 bits per heavy atom. The van der Waals surface area contributed by atoms with E-state index in [1.165, 1.54) is 13.8 Å². The molecule has 0 unspecified atom stereocenters. The van der Waals surface area contributed by atoms with Gasteiger partial charge in [0, 0.05) is 5.56 Å². The monoisotopic (exact) mass is 405 g/mol. The quantitative estimate of drug-likeness (QED) is 0.390. The maximum absolute atomic E-state index is 14.3. The second-order valence-electron chi connectivity index (χ2n) is 8.42. The molecule has 2 nitrogen and oxygen atoms in total. The lowest BCUT2D eigenvalue weighted by atomic mass is 9.84. The van der Waals surface area contributed by atoms with Gasteiger partial charge < -0.3 is 0 Å². The Morgan fingerprint density at radius 2 is 1.66 bits per heavy atom. The van der Waals surface area contributed by atoms with Crippen molar-refractivity contribution < 1.29 is 22.1 Å². The second kappa shape index (κ2) is 7.08. The third-order valence-electron chi connectivity index (χ3n) is 5.71. The molecule has 6 heteroatoms. The van der Waals surface area contributed by atoms with Crippen molar-refractivity contribution in [1.29, 1.82) is 0 Å². The molecule has 0 radical (unpaired) electrons. The van der Waals surface area contributed by atoms with Crippen molar-refractivity contribution in [2.45, 2.75) is 47.2 Å². The summed E-state index contributed by atoms with van der Waals surface area (Å²) in [6, 6.07) is 7.06. The Labute approximate surface area is 168 Å². The van der Waals surface area contributed by atoms with Crippen LogP contribution in [0.5, 0.6) is 0 Å². The minimum atomic E-state index is -4.29. The number of halogens is 4. The Balaban J connectivity index is 2.18. The number of aryl methyl sites for hydroxylation is 2. The molecule has 0 fully saturated rings. The third-order valence-corrected chi connectivity index (χ3v) is 5.71. The van der Waals surface area contributed by atoms with E-state index < -0.39 is 11.6 Å². The molecule has 0 amide bonds. The Bertz CT molecular complexity index is 1100. The topological polar surface area (TPSA) is 16.8 Å². The molecule has 1 heterocycles. The van der Waals surface area contributed by atoms with Crippen LogP contribution in [0, 0.1) is 32.0 Å². The molecule has 0 atom stereocenters. The molecule has 0 saturated heterocycles. The van der Waals surface area contributed by atoms with Crippen LogP contribution in [-0.4, -0.2) is 11.2 Å². The molecular weight excluding hydrogens is 380 g/mol. The first-order valence-electron chi connectivity index (χ1n) is 9.44. The van der Waals surface area contributed by atoms with E-state index in [0.717, 1.165) is 22.2 Å². The smallest absolute Gasteiger partial charge is 0.232 e. The highest BCUT2D eigenvalue weighted by Gasteiger charge is 2.47. The SMILES string of the molecule is Cc1cc(-c2c3ccc(CC(C)(C)C(F)(F)F)cc3nc[n+]2C)c(C)c(C)c1F. The minimum Gasteiger partial charge on any atom is -0.232 e. The van der Waals surface area contributed by atoms with E-state index in [1.54, 1.807) is 32.3 Å². The van der Waals surface area contributed by atoms with E-state index in [9.17, 15) is 17.6 Å². The van der Waals surface area contributed by atoms with Crippen LogP contribution in [0.4, 0.5) is 17.6 Å². The van der Waals surface area contributed by atoms with E-state index in [-0.39, 0.29) is 12.2 Å². The second-order valence-corrected chi connectivity index (χ2v) is 8.42. The molecular formula is C23H25F4N2+. The first-order chi connectivity index (χ1) is 13.3. The number of hydrogen-bond donors (Lipinski definition) is 0. The van der Waals surface area contributed by atoms with Crippen LogP contribution in [0.1, 0.15) is 36.1 Å². The number of hydrogen-bond acceptors (Lipinski definition) is 1. The van der Waals surface area contributed by atoms with Gasteiger partial charge >= 0.3 is 6.18 Å². The van der Waals surface area contributed by atoms with E-state index in [2.05, 4.69) is 4.98 Å². The van der Waals surface area contributed by atoms with Gasteiger partial charge in [-0.1, -0.05) is 19.9 Å². The van der Waals surface area contributed by atoms with E-state index in [4.69, 9.17) is 0 Å². The van der Waals surface area contributed by atoms with Gasteiger partial charge in [0.1, 0.15) is 11.5 Å². The molecule has 154 valence electrons. The predicted octanol–water partition coefficient (Wildman–Crippen LogP) is 5.92. The van der Waals surface area contributed by atoms with E-state index >= 15 is 0 Å². The summed E-state index contributed by atoms with van der Waals surface area (Å²) in [4.78, 5) is 4.42. The van der Waals surface area contributed by atoms with Crippen molar-refractivity contribution in [2.24, 2.45) is 12.5 Å². The van der Waals surface area contributed by atoms with Crippen LogP contribution in [0.25, 0.3) is 22.2 Å². The largest absolute Gasteiger partial charge is 0.394 e. The average Bonchev–Trinajstić information content (AvgIpc) is 2.62. The summed E-state index contributed by atoms with van der Waals surface area (Å²) in [7, 11) is 1.86. The van der Waals surface area contributed by atoms with Crippen LogP contribution in [0.3, 0.4) is 0 Å². The van der Waals surface area contributed by atoms with Gasteiger partial charge in [0.25, 0.3) is 6.33 Å². The van der Waals surface area contributed by atoms with Crippen molar-refractivity contribution >= 4 is 10.9 Å². The maximum Gasteiger partial charge on any atom is 0.394 e.